The smallest absolute Gasteiger partial charge is 0.241 e. The minimum Gasteiger partial charge on any atom is -0.369 e. The first-order valence-corrected chi connectivity index (χ1v) is 9.44. The van der Waals surface area contributed by atoms with Crippen LogP contribution in [0.3, 0.4) is 0 Å². The highest BCUT2D eigenvalue weighted by molar-refractivity contribution is 6.31. The van der Waals surface area contributed by atoms with E-state index in [1.807, 2.05) is 26.0 Å². The van der Waals surface area contributed by atoms with Crippen LogP contribution >= 0.6 is 11.6 Å². The molecule has 0 bridgehead atoms. The van der Waals surface area contributed by atoms with E-state index < -0.39 is 0 Å². The van der Waals surface area contributed by atoms with E-state index >= 15 is 0 Å². The van der Waals surface area contributed by atoms with Crippen LogP contribution in [0.4, 0.5) is 11.4 Å². The number of amides is 1. The predicted octanol–water partition coefficient (Wildman–Crippen LogP) is 4.11. The highest BCUT2D eigenvalue weighted by atomic mass is 35.5. The number of halogens is 1. The van der Waals surface area contributed by atoms with Crippen molar-refractivity contribution in [3.63, 3.8) is 0 Å². The van der Waals surface area contributed by atoms with Crippen molar-refractivity contribution in [2.45, 2.75) is 26.8 Å². The van der Waals surface area contributed by atoms with Crippen molar-refractivity contribution in [2.24, 2.45) is 0 Å². The van der Waals surface area contributed by atoms with Gasteiger partial charge < -0.3 is 10.2 Å². The summed E-state index contributed by atoms with van der Waals surface area (Å²) in [5, 5.41) is 3.65. The zero-order valence-electron chi connectivity index (χ0n) is 15.6. The number of carbonyl (C=O) groups is 1. The molecule has 138 valence electrons. The monoisotopic (exact) mass is 371 g/mol. The Kier molecular flexibility index (Phi) is 5.84. The largest absolute Gasteiger partial charge is 0.369 e. The highest BCUT2D eigenvalue weighted by Gasteiger charge is 2.26. The normalized spacial score (nSPS) is 16.4. The lowest BCUT2D eigenvalue weighted by molar-refractivity contribution is -0.120. The zero-order chi connectivity index (χ0) is 18.7. The Balaban J connectivity index is 1.58. The Hall–Kier alpha value is -2.04. The lowest BCUT2D eigenvalue weighted by Gasteiger charge is -2.38. The quantitative estimate of drug-likeness (QED) is 0.878. The van der Waals surface area contributed by atoms with Crippen LogP contribution in [0, 0.1) is 13.8 Å². The molecule has 1 unspecified atom stereocenters. The summed E-state index contributed by atoms with van der Waals surface area (Å²) in [6, 6.07) is 14.0. The van der Waals surface area contributed by atoms with Crippen LogP contribution in [0.5, 0.6) is 0 Å². The van der Waals surface area contributed by atoms with Crippen LogP contribution in [-0.4, -0.2) is 43.0 Å². The van der Waals surface area contributed by atoms with E-state index in [0.29, 0.717) is 5.02 Å². The molecule has 1 aliphatic rings. The van der Waals surface area contributed by atoms with Gasteiger partial charge >= 0.3 is 0 Å². The van der Waals surface area contributed by atoms with Crippen LogP contribution in [-0.2, 0) is 4.79 Å². The molecule has 1 fully saturated rings. The van der Waals surface area contributed by atoms with E-state index in [-0.39, 0.29) is 11.9 Å². The molecule has 0 aromatic heterocycles. The van der Waals surface area contributed by atoms with Gasteiger partial charge in [0.25, 0.3) is 0 Å². The number of anilines is 2. The molecule has 0 spiro atoms. The maximum atomic E-state index is 12.7. The number of benzene rings is 2. The first-order chi connectivity index (χ1) is 12.4. The summed E-state index contributed by atoms with van der Waals surface area (Å²) in [5.41, 5.74) is 4.33. The van der Waals surface area contributed by atoms with E-state index in [9.17, 15) is 4.79 Å². The summed E-state index contributed by atoms with van der Waals surface area (Å²) in [7, 11) is 0. The Morgan fingerprint density at radius 2 is 1.81 bits per heavy atom. The molecule has 1 saturated heterocycles. The van der Waals surface area contributed by atoms with Crippen molar-refractivity contribution in [2.75, 3.05) is 36.4 Å². The maximum Gasteiger partial charge on any atom is 0.241 e. The van der Waals surface area contributed by atoms with E-state index in [4.69, 9.17) is 11.6 Å². The molecule has 1 heterocycles. The molecule has 0 radical (unpaired) electrons. The third-order valence-electron chi connectivity index (χ3n) is 5.07. The zero-order valence-corrected chi connectivity index (χ0v) is 16.4. The van der Waals surface area contributed by atoms with Gasteiger partial charge in [-0.25, -0.2) is 0 Å². The maximum absolute atomic E-state index is 12.7. The molecule has 1 N–H and O–H groups in total. The van der Waals surface area contributed by atoms with E-state index in [0.717, 1.165) is 37.4 Å². The molecule has 3 rings (SSSR count). The Bertz CT molecular complexity index is 785. The van der Waals surface area contributed by atoms with Gasteiger partial charge in [-0.1, -0.05) is 29.8 Å². The Morgan fingerprint density at radius 3 is 2.50 bits per heavy atom. The summed E-state index contributed by atoms with van der Waals surface area (Å²) in [6.45, 7) is 9.65. The van der Waals surface area contributed by atoms with Gasteiger partial charge in [0.05, 0.1) is 6.04 Å². The summed E-state index contributed by atoms with van der Waals surface area (Å²) in [4.78, 5) is 17.3. The van der Waals surface area contributed by atoms with Crippen LogP contribution in [0.15, 0.2) is 42.5 Å². The lowest BCUT2D eigenvalue weighted by Crippen LogP contribution is -2.52. The van der Waals surface area contributed by atoms with E-state index in [1.165, 1.54) is 11.3 Å². The average Bonchev–Trinajstić information content (AvgIpc) is 2.64. The summed E-state index contributed by atoms with van der Waals surface area (Å²) >= 11 is 6.05. The van der Waals surface area contributed by atoms with Gasteiger partial charge in [-0.05, 0) is 56.2 Å². The molecule has 0 saturated carbocycles. The second-order valence-corrected chi connectivity index (χ2v) is 7.42. The Morgan fingerprint density at radius 1 is 1.08 bits per heavy atom. The van der Waals surface area contributed by atoms with Crippen LogP contribution in [0.25, 0.3) is 0 Å². The molecular formula is C21H26ClN3O. The van der Waals surface area contributed by atoms with Crippen molar-refractivity contribution in [3.8, 4) is 0 Å². The second-order valence-electron chi connectivity index (χ2n) is 6.99. The minimum atomic E-state index is -0.173. The van der Waals surface area contributed by atoms with Gasteiger partial charge in [0.1, 0.15) is 0 Å². The first-order valence-electron chi connectivity index (χ1n) is 9.07. The fourth-order valence-electron chi connectivity index (χ4n) is 3.32. The Labute approximate surface area is 160 Å². The van der Waals surface area contributed by atoms with Crippen molar-refractivity contribution < 1.29 is 4.79 Å². The summed E-state index contributed by atoms with van der Waals surface area (Å²) in [6.07, 6.45) is 0. The first kappa shape index (κ1) is 18.7. The predicted molar refractivity (Wildman–Crippen MR) is 109 cm³/mol. The molecule has 4 nitrogen and oxygen atoms in total. The number of piperazine rings is 1. The molecular weight excluding hydrogens is 346 g/mol. The van der Waals surface area contributed by atoms with Gasteiger partial charge in [0.15, 0.2) is 0 Å². The number of nitrogens with one attached hydrogen (secondary N) is 1. The number of rotatable bonds is 4. The number of hydrogen-bond donors (Lipinski definition) is 1. The molecule has 1 amide bonds. The number of nitrogens with zero attached hydrogens (tertiary/aromatic N) is 2. The van der Waals surface area contributed by atoms with Gasteiger partial charge in [0, 0.05) is 42.6 Å². The molecule has 1 atom stereocenters. The molecule has 0 aliphatic carbocycles. The summed E-state index contributed by atoms with van der Waals surface area (Å²) < 4.78 is 0. The van der Waals surface area contributed by atoms with Gasteiger partial charge in [-0.2, -0.15) is 0 Å². The fourth-order valence-corrected chi connectivity index (χ4v) is 3.50. The average molecular weight is 372 g/mol. The highest BCUT2D eigenvalue weighted by Crippen LogP contribution is 2.22. The van der Waals surface area contributed by atoms with Crippen LogP contribution in [0.1, 0.15) is 18.1 Å². The second kappa shape index (κ2) is 8.11. The minimum absolute atomic E-state index is 0.0133. The summed E-state index contributed by atoms with van der Waals surface area (Å²) in [5.74, 6) is 0.0133. The van der Waals surface area contributed by atoms with E-state index in [1.54, 1.807) is 6.07 Å². The topological polar surface area (TPSA) is 35.6 Å². The van der Waals surface area contributed by atoms with Crippen LogP contribution in [0.2, 0.25) is 5.02 Å². The van der Waals surface area contributed by atoms with E-state index in [2.05, 4.69) is 46.3 Å². The standard InChI is InChI=1S/C21H26ClN3O/c1-15-5-4-6-19(13-15)25-11-9-24(10-12-25)17(3)21(26)23-20-14-18(22)8-7-16(20)2/h4-8,13-14,17H,9-12H2,1-3H3,(H,23,26). The third kappa shape index (κ3) is 4.37. The van der Waals surface area contributed by atoms with Crippen molar-refractivity contribution in [1.29, 1.82) is 0 Å². The molecule has 1 aliphatic heterocycles. The molecule has 5 heteroatoms. The number of carbonyl (C=O) groups excluding carboxylic acids is 1. The van der Waals surface area contributed by atoms with Gasteiger partial charge in [-0.3, -0.25) is 9.69 Å². The number of aryl methyl sites for hydroxylation is 2. The van der Waals surface area contributed by atoms with Crippen molar-refractivity contribution >= 4 is 28.9 Å². The number of hydrogen-bond acceptors (Lipinski definition) is 3. The lowest BCUT2D eigenvalue weighted by atomic mass is 10.1. The third-order valence-corrected chi connectivity index (χ3v) is 5.30. The molecule has 2 aromatic rings. The van der Waals surface area contributed by atoms with Crippen molar-refractivity contribution in [1.82, 2.24) is 4.90 Å². The van der Waals surface area contributed by atoms with Crippen LogP contribution < -0.4 is 10.2 Å². The van der Waals surface area contributed by atoms with Crippen molar-refractivity contribution in [3.05, 3.63) is 58.6 Å². The molecule has 26 heavy (non-hydrogen) atoms. The van der Waals surface area contributed by atoms with Gasteiger partial charge in [0.2, 0.25) is 5.91 Å². The molecule has 2 aromatic carbocycles. The fraction of sp³-hybridized carbons (Fsp3) is 0.381. The van der Waals surface area contributed by atoms with Gasteiger partial charge in [-0.15, -0.1) is 0 Å². The SMILES string of the molecule is Cc1cccc(N2CCN(C(C)C(=O)Nc3cc(Cl)ccc3C)CC2)c1.